The predicted molar refractivity (Wildman–Crippen MR) is 106 cm³/mol. The minimum Gasteiger partial charge on any atom is -0.497 e. The average molecular weight is 396 g/mol. The van der Waals surface area contributed by atoms with Crippen LogP contribution in [-0.2, 0) is 14.3 Å². The first kappa shape index (κ1) is 21.8. The lowest BCUT2D eigenvalue weighted by molar-refractivity contribution is -0.144. The number of amides is 1. The normalized spacial score (nSPS) is 12.2. The van der Waals surface area contributed by atoms with Crippen molar-refractivity contribution in [3.63, 3.8) is 0 Å². The summed E-state index contributed by atoms with van der Waals surface area (Å²) in [7, 11) is 1.54. The first-order chi connectivity index (χ1) is 14.0. The number of esters is 1. The Kier molecular flexibility index (Phi) is 8.04. The van der Waals surface area contributed by atoms with E-state index in [0.717, 1.165) is 0 Å². The number of carbonyl (C=O) groups is 2. The standard InChI is InChI=1S/C22H24N2O5/c1-4-28-21(25)13-20(17-8-6-9-18(12-17)27-3)24-22(26)15(2)29-19-10-5-7-16(11-19)14-23/h5-12,15,20H,4,13H2,1-3H3,(H,24,26). The maximum atomic E-state index is 12.7. The van der Waals surface area contributed by atoms with Gasteiger partial charge in [-0.1, -0.05) is 18.2 Å². The van der Waals surface area contributed by atoms with E-state index in [1.54, 1.807) is 69.5 Å². The van der Waals surface area contributed by atoms with E-state index < -0.39 is 24.0 Å². The summed E-state index contributed by atoms with van der Waals surface area (Å²) in [6.07, 6.45) is -0.858. The number of benzene rings is 2. The summed E-state index contributed by atoms with van der Waals surface area (Å²) in [4.78, 5) is 24.7. The Bertz CT molecular complexity index is 891. The summed E-state index contributed by atoms with van der Waals surface area (Å²) in [5.74, 6) is 0.207. The molecule has 0 aliphatic rings. The molecule has 2 rings (SSSR count). The molecule has 7 heteroatoms. The van der Waals surface area contributed by atoms with Gasteiger partial charge in [-0.05, 0) is 49.7 Å². The molecule has 2 aromatic carbocycles. The molecule has 1 N–H and O–H groups in total. The first-order valence-electron chi connectivity index (χ1n) is 9.23. The van der Waals surface area contributed by atoms with Crippen LogP contribution in [0.1, 0.15) is 37.4 Å². The molecule has 2 unspecified atom stereocenters. The quantitative estimate of drug-likeness (QED) is 0.654. The van der Waals surface area contributed by atoms with Crippen LogP contribution in [0.4, 0.5) is 0 Å². The Morgan fingerprint density at radius 3 is 2.55 bits per heavy atom. The Morgan fingerprint density at radius 1 is 1.14 bits per heavy atom. The maximum absolute atomic E-state index is 12.7. The third kappa shape index (κ3) is 6.54. The van der Waals surface area contributed by atoms with Gasteiger partial charge in [-0.3, -0.25) is 9.59 Å². The molecule has 152 valence electrons. The van der Waals surface area contributed by atoms with Crippen molar-refractivity contribution in [3.8, 4) is 17.6 Å². The average Bonchev–Trinajstić information content (AvgIpc) is 2.73. The molecule has 0 saturated carbocycles. The van der Waals surface area contributed by atoms with Gasteiger partial charge in [0.1, 0.15) is 11.5 Å². The van der Waals surface area contributed by atoms with Crippen molar-refractivity contribution >= 4 is 11.9 Å². The number of hydrogen-bond acceptors (Lipinski definition) is 6. The highest BCUT2D eigenvalue weighted by atomic mass is 16.5. The van der Waals surface area contributed by atoms with Gasteiger partial charge >= 0.3 is 5.97 Å². The van der Waals surface area contributed by atoms with Crippen LogP contribution in [0, 0.1) is 11.3 Å². The molecular weight excluding hydrogens is 372 g/mol. The Hall–Kier alpha value is -3.53. The van der Waals surface area contributed by atoms with Crippen LogP contribution in [0.15, 0.2) is 48.5 Å². The highest BCUT2D eigenvalue weighted by Gasteiger charge is 2.23. The lowest BCUT2D eigenvalue weighted by Gasteiger charge is -2.22. The number of methoxy groups -OCH3 is 1. The van der Waals surface area contributed by atoms with Gasteiger partial charge in [0.05, 0.1) is 37.8 Å². The van der Waals surface area contributed by atoms with E-state index in [2.05, 4.69) is 5.32 Å². The van der Waals surface area contributed by atoms with Crippen LogP contribution < -0.4 is 14.8 Å². The molecule has 29 heavy (non-hydrogen) atoms. The Balaban J connectivity index is 2.14. The molecule has 1 amide bonds. The summed E-state index contributed by atoms with van der Waals surface area (Å²) in [5, 5.41) is 11.8. The number of hydrogen-bond donors (Lipinski definition) is 1. The largest absolute Gasteiger partial charge is 0.497 e. The minimum absolute atomic E-state index is 0.0244. The van der Waals surface area contributed by atoms with Gasteiger partial charge < -0.3 is 19.5 Å². The monoisotopic (exact) mass is 396 g/mol. The summed E-state index contributed by atoms with van der Waals surface area (Å²) >= 11 is 0. The van der Waals surface area contributed by atoms with Crippen molar-refractivity contribution in [3.05, 3.63) is 59.7 Å². The Morgan fingerprint density at radius 2 is 1.86 bits per heavy atom. The lowest BCUT2D eigenvalue weighted by atomic mass is 10.0. The van der Waals surface area contributed by atoms with Crippen LogP contribution in [0.5, 0.6) is 11.5 Å². The molecule has 0 spiro atoms. The molecule has 0 radical (unpaired) electrons. The third-order valence-electron chi connectivity index (χ3n) is 4.13. The van der Waals surface area contributed by atoms with Crippen molar-refractivity contribution in [2.45, 2.75) is 32.4 Å². The molecule has 0 aromatic heterocycles. The van der Waals surface area contributed by atoms with E-state index in [0.29, 0.717) is 22.6 Å². The van der Waals surface area contributed by atoms with E-state index in [4.69, 9.17) is 19.5 Å². The molecule has 0 heterocycles. The fourth-order valence-electron chi connectivity index (χ4n) is 2.68. The molecule has 2 aromatic rings. The second kappa shape index (κ2) is 10.7. The molecule has 7 nitrogen and oxygen atoms in total. The molecule has 2 atom stereocenters. The van der Waals surface area contributed by atoms with Crippen LogP contribution in [0.2, 0.25) is 0 Å². The highest BCUT2D eigenvalue weighted by molar-refractivity contribution is 5.82. The van der Waals surface area contributed by atoms with Gasteiger partial charge in [0, 0.05) is 0 Å². The minimum atomic E-state index is -0.834. The summed E-state index contributed by atoms with van der Waals surface area (Å²) in [5.41, 5.74) is 1.15. The number of nitriles is 1. The van der Waals surface area contributed by atoms with E-state index >= 15 is 0 Å². The zero-order valence-electron chi connectivity index (χ0n) is 16.7. The topological polar surface area (TPSA) is 97.6 Å². The molecule has 0 aliphatic heterocycles. The molecule has 0 bridgehead atoms. The number of rotatable bonds is 9. The van der Waals surface area contributed by atoms with Crippen LogP contribution in [0.3, 0.4) is 0 Å². The fourth-order valence-corrected chi connectivity index (χ4v) is 2.68. The van der Waals surface area contributed by atoms with Gasteiger partial charge in [0.15, 0.2) is 6.10 Å². The second-order valence-electron chi connectivity index (χ2n) is 6.25. The van der Waals surface area contributed by atoms with Gasteiger partial charge in [-0.2, -0.15) is 5.26 Å². The Labute approximate surface area is 170 Å². The SMILES string of the molecule is CCOC(=O)CC(NC(=O)C(C)Oc1cccc(C#N)c1)c1cccc(OC)c1. The van der Waals surface area contributed by atoms with E-state index in [1.807, 2.05) is 6.07 Å². The molecular formula is C22H24N2O5. The van der Waals surface area contributed by atoms with Crippen molar-refractivity contribution in [2.75, 3.05) is 13.7 Å². The number of ether oxygens (including phenoxy) is 3. The van der Waals surface area contributed by atoms with Gasteiger partial charge in [0.25, 0.3) is 5.91 Å². The van der Waals surface area contributed by atoms with Crippen LogP contribution in [0.25, 0.3) is 0 Å². The van der Waals surface area contributed by atoms with Gasteiger partial charge in [0.2, 0.25) is 0 Å². The molecule has 0 saturated heterocycles. The zero-order chi connectivity index (χ0) is 21.2. The smallest absolute Gasteiger partial charge is 0.308 e. The van der Waals surface area contributed by atoms with E-state index in [-0.39, 0.29) is 13.0 Å². The fraction of sp³-hybridized carbons (Fsp3) is 0.318. The van der Waals surface area contributed by atoms with Crippen molar-refractivity contribution in [1.82, 2.24) is 5.32 Å². The van der Waals surface area contributed by atoms with E-state index in [1.165, 1.54) is 0 Å². The second-order valence-corrected chi connectivity index (χ2v) is 6.25. The molecule has 0 aliphatic carbocycles. The van der Waals surface area contributed by atoms with Crippen LogP contribution >= 0.6 is 0 Å². The summed E-state index contributed by atoms with van der Waals surface area (Å²) < 4.78 is 15.9. The van der Waals surface area contributed by atoms with E-state index in [9.17, 15) is 9.59 Å². The van der Waals surface area contributed by atoms with Gasteiger partial charge in [-0.25, -0.2) is 0 Å². The maximum Gasteiger partial charge on any atom is 0.308 e. The lowest BCUT2D eigenvalue weighted by Crippen LogP contribution is -2.39. The number of nitrogens with one attached hydrogen (secondary N) is 1. The van der Waals surface area contributed by atoms with Crippen molar-refractivity contribution < 1.29 is 23.8 Å². The van der Waals surface area contributed by atoms with Crippen molar-refractivity contribution in [2.24, 2.45) is 0 Å². The number of nitrogens with zero attached hydrogens (tertiary/aromatic N) is 1. The third-order valence-corrected chi connectivity index (χ3v) is 4.13. The highest BCUT2D eigenvalue weighted by Crippen LogP contribution is 2.23. The van der Waals surface area contributed by atoms with Crippen molar-refractivity contribution in [1.29, 1.82) is 5.26 Å². The number of carbonyl (C=O) groups excluding carboxylic acids is 2. The molecule has 0 fully saturated rings. The first-order valence-corrected chi connectivity index (χ1v) is 9.23. The predicted octanol–water partition coefficient (Wildman–Crippen LogP) is 3.14. The summed E-state index contributed by atoms with van der Waals surface area (Å²) in [6, 6.07) is 15.1. The zero-order valence-corrected chi connectivity index (χ0v) is 16.7. The summed E-state index contributed by atoms with van der Waals surface area (Å²) in [6.45, 7) is 3.58. The van der Waals surface area contributed by atoms with Gasteiger partial charge in [-0.15, -0.1) is 0 Å². The van der Waals surface area contributed by atoms with Crippen LogP contribution in [-0.4, -0.2) is 31.7 Å².